The molecule has 1 aliphatic carbocycles. The van der Waals surface area contributed by atoms with Crippen LogP contribution >= 0.6 is 0 Å². The van der Waals surface area contributed by atoms with Crippen molar-refractivity contribution in [2.75, 3.05) is 0 Å². The number of allylic oxidation sites excluding steroid dienone is 2. The molecule has 0 heterocycles. The lowest BCUT2D eigenvalue weighted by Gasteiger charge is -1.42. The van der Waals surface area contributed by atoms with Crippen molar-refractivity contribution in [3.05, 3.63) is 11.8 Å². The zero-order valence-corrected chi connectivity index (χ0v) is 2.19. The lowest BCUT2D eigenvalue weighted by molar-refractivity contribution is 0.318. The van der Waals surface area contributed by atoms with Crippen LogP contribution in [0.25, 0.3) is 0 Å². The monoisotopic (exact) mass is 55.0 g/mol. The average molecular weight is 55.1 g/mol. The molecule has 0 bridgehead atoms. The van der Waals surface area contributed by atoms with E-state index in [1.807, 2.05) is 0 Å². The summed E-state index contributed by atoms with van der Waals surface area (Å²) >= 11 is 0. The Kier molecular flexibility index (Phi) is 0.133. The van der Waals surface area contributed by atoms with Crippen molar-refractivity contribution in [2.45, 2.75) is 6.42 Å². The fourth-order valence-corrected chi connectivity index (χ4v) is 0.0417. The van der Waals surface area contributed by atoms with E-state index in [9.17, 15) is 5.11 Å². The van der Waals surface area contributed by atoms with E-state index >= 15 is 0 Å². The van der Waals surface area contributed by atoms with Crippen LogP contribution in [0.15, 0.2) is 11.8 Å². The van der Waals surface area contributed by atoms with E-state index in [0.29, 0.717) is 5.76 Å². The molecule has 0 amide bonds. The van der Waals surface area contributed by atoms with E-state index in [2.05, 4.69) is 0 Å². The van der Waals surface area contributed by atoms with Gasteiger partial charge in [-0.1, -0.05) is 0 Å². The van der Waals surface area contributed by atoms with Crippen LogP contribution in [0.3, 0.4) is 0 Å². The fraction of sp³-hybridized carbons (Fsp3) is 0.333. The summed E-state index contributed by atoms with van der Waals surface area (Å²) in [7, 11) is 0. The van der Waals surface area contributed by atoms with E-state index in [1.54, 1.807) is 6.08 Å². The first-order chi connectivity index (χ1) is 1.89. The standard InChI is InChI=1S/C3H3O/c4-3-1-2-3/h1H,2H2. The molecule has 0 aromatic carbocycles. The van der Waals surface area contributed by atoms with Gasteiger partial charge in [-0.15, -0.1) is 0 Å². The molecule has 0 fully saturated rings. The van der Waals surface area contributed by atoms with Crippen LogP contribution in [0.4, 0.5) is 0 Å². The van der Waals surface area contributed by atoms with E-state index in [-0.39, 0.29) is 0 Å². The van der Waals surface area contributed by atoms with Crippen LogP contribution in [0.5, 0.6) is 0 Å². The molecule has 1 heteroatoms. The SMILES string of the molecule is [O]C1=CC1. The summed E-state index contributed by atoms with van der Waals surface area (Å²) in [6.07, 6.45) is 2.38. The van der Waals surface area contributed by atoms with E-state index in [0.717, 1.165) is 6.42 Å². The second-order valence-electron chi connectivity index (χ2n) is 0.875. The van der Waals surface area contributed by atoms with Crippen molar-refractivity contribution in [3.63, 3.8) is 0 Å². The third kappa shape index (κ3) is 0.0696. The van der Waals surface area contributed by atoms with Crippen molar-refractivity contribution in [1.29, 1.82) is 0 Å². The molecule has 1 aliphatic rings. The van der Waals surface area contributed by atoms with Gasteiger partial charge < -0.3 is 0 Å². The highest BCUT2D eigenvalue weighted by molar-refractivity contribution is 5.11. The van der Waals surface area contributed by atoms with Gasteiger partial charge in [0.1, 0.15) is 0 Å². The molecule has 0 aliphatic heterocycles. The second-order valence-corrected chi connectivity index (χ2v) is 0.875. The van der Waals surface area contributed by atoms with Gasteiger partial charge in [0, 0.05) is 6.42 Å². The van der Waals surface area contributed by atoms with Crippen molar-refractivity contribution >= 4 is 0 Å². The molecule has 1 rings (SSSR count). The molecule has 0 N–H and O–H groups in total. The minimum Gasteiger partial charge on any atom is -0.295 e. The third-order valence-electron chi connectivity index (χ3n) is 0.371. The van der Waals surface area contributed by atoms with Gasteiger partial charge in [-0.2, -0.15) is 0 Å². The van der Waals surface area contributed by atoms with Gasteiger partial charge >= 0.3 is 0 Å². The Morgan fingerprint density at radius 3 is 2.25 bits per heavy atom. The summed E-state index contributed by atoms with van der Waals surface area (Å²) in [6, 6.07) is 0. The first kappa shape index (κ1) is 1.82. The molecule has 4 heavy (non-hydrogen) atoms. The van der Waals surface area contributed by atoms with Crippen LogP contribution in [0.1, 0.15) is 6.42 Å². The zero-order chi connectivity index (χ0) is 2.99. The summed E-state index contributed by atoms with van der Waals surface area (Å²) in [5, 5.41) is 9.50. The Balaban J connectivity index is 2.54. The topological polar surface area (TPSA) is 19.9 Å². The van der Waals surface area contributed by atoms with Gasteiger partial charge in [-0.05, 0) is 6.08 Å². The van der Waals surface area contributed by atoms with Gasteiger partial charge in [0.2, 0.25) is 0 Å². The van der Waals surface area contributed by atoms with Gasteiger partial charge in [-0.3, -0.25) is 5.11 Å². The molecule has 1 radical (unpaired) electrons. The molecule has 0 aromatic heterocycles. The Labute approximate surface area is 24.6 Å². The molecule has 21 valence electrons. The minimum atomic E-state index is 0.292. The van der Waals surface area contributed by atoms with Crippen LogP contribution < -0.4 is 0 Å². The number of hydrogen-bond donors (Lipinski definition) is 0. The smallest absolute Gasteiger partial charge is 0.156 e. The first-order valence-corrected chi connectivity index (χ1v) is 1.25. The van der Waals surface area contributed by atoms with Crippen LogP contribution in [-0.2, 0) is 5.11 Å². The fourth-order valence-electron chi connectivity index (χ4n) is 0.0417. The van der Waals surface area contributed by atoms with Crippen molar-refractivity contribution in [1.82, 2.24) is 0 Å². The van der Waals surface area contributed by atoms with Crippen molar-refractivity contribution in [2.24, 2.45) is 0 Å². The van der Waals surface area contributed by atoms with E-state index < -0.39 is 0 Å². The van der Waals surface area contributed by atoms with Gasteiger partial charge in [0.15, 0.2) is 5.76 Å². The van der Waals surface area contributed by atoms with Crippen molar-refractivity contribution < 1.29 is 5.11 Å². The Bertz CT molecular complexity index is 54.3. The third-order valence-corrected chi connectivity index (χ3v) is 0.371. The Morgan fingerprint density at radius 1 is 2.00 bits per heavy atom. The summed E-state index contributed by atoms with van der Waals surface area (Å²) in [4.78, 5) is 0. The minimum absolute atomic E-state index is 0.292. The number of rotatable bonds is 0. The highest BCUT2D eigenvalue weighted by atomic mass is 16.3. The number of hydrogen-bond acceptors (Lipinski definition) is 0. The molecule has 0 atom stereocenters. The second kappa shape index (κ2) is 0.292. The quantitative estimate of drug-likeness (QED) is 0.388. The van der Waals surface area contributed by atoms with Crippen LogP contribution in [0, 0.1) is 0 Å². The molecule has 0 spiro atoms. The van der Waals surface area contributed by atoms with Gasteiger partial charge in [0.25, 0.3) is 0 Å². The Morgan fingerprint density at radius 2 is 2.25 bits per heavy atom. The van der Waals surface area contributed by atoms with Crippen LogP contribution in [0.2, 0.25) is 0 Å². The lowest BCUT2D eigenvalue weighted by atomic mass is 10.9. The molecule has 0 saturated carbocycles. The van der Waals surface area contributed by atoms with E-state index in [4.69, 9.17) is 0 Å². The molecular formula is C3H3O. The van der Waals surface area contributed by atoms with Gasteiger partial charge in [0.05, 0.1) is 0 Å². The van der Waals surface area contributed by atoms with Crippen LogP contribution in [-0.4, -0.2) is 0 Å². The summed E-state index contributed by atoms with van der Waals surface area (Å²) in [6.45, 7) is 0. The largest absolute Gasteiger partial charge is 0.295 e. The van der Waals surface area contributed by atoms with Crippen molar-refractivity contribution in [3.8, 4) is 0 Å². The summed E-state index contributed by atoms with van der Waals surface area (Å²) in [5.41, 5.74) is 0. The maximum Gasteiger partial charge on any atom is 0.156 e. The predicted molar refractivity (Wildman–Crippen MR) is 13.4 cm³/mol. The highest BCUT2D eigenvalue weighted by Gasteiger charge is 2.03. The lowest BCUT2D eigenvalue weighted by Crippen LogP contribution is -1.34. The maximum atomic E-state index is 9.50. The molecule has 0 saturated heterocycles. The van der Waals surface area contributed by atoms with E-state index in [1.165, 1.54) is 0 Å². The molecule has 0 aromatic rings. The Hall–Kier alpha value is -0.460. The normalized spacial score (nSPS) is 19.5. The predicted octanol–water partition coefficient (Wildman–Crippen LogP) is 0.704. The van der Waals surface area contributed by atoms with Gasteiger partial charge in [-0.25, -0.2) is 0 Å². The first-order valence-electron chi connectivity index (χ1n) is 1.25. The average Bonchev–Trinajstić information content (AvgIpc) is 1.75. The molecule has 1 nitrogen and oxygen atoms in total. The summed E-state index contributed by atoms with van der Waals surface area (Å²) in [5.74, 6) is 0.292. The zero-order valence-electron chi connectivity index (χ0n) is 2.19. The highest BCUT2D eigenvalue weighted by Crippen LogP contribution is 2.12. The maximum absolute atomic E-state index is 9.50. The summed E-state index contributed by atoms with van der Waals surface area (Å²) < 4.78 is 0. The molecular weight excluding hydrogens is 52.0 g/mol. The molecule has 0 unspecified atom stereocenters.